The number of rotatable bonds is 1. The van der Waals surface area contributed by atoms with Crippen LogP contribution in [0.5, 0.6) is 0 Å². The van der Waals surface area contributed by atoms with E-state index >= 15 is 0 Å². The summed E-state index contributed by atoms with van der Waals surface area (Å²) in [6, 6.07) is 1.12. The van der Waals surface area contributed by atoms with E-state index in [9.17, 15) is 0 Å². The molecule has 0 amide bonds. The molecule has 3 aliphatic heterocycles. The highest BCUT2D eigenvalue weighted by atomic mass is 16.5. The summed E-state index contributed by atoms with van der Waals surface area (Å²) < 4.78 is 6.28. The van der Waals surface area contributed by atoms with Crippen molar-refractivity contribution in [2.75, 3.05) is 26.7 Å². The van der Waals surface area contributed by atoms with Gasteiger partial charge in [0.2, 0.25) is 0 Å². The van der Waals surface area contributed by atoms with Crippen molar-refractivity contribution < 1.29 is 4.74 Å². The Morgan fingerprint density at radius 2 is 2.45 bits per heavy atom. The van der Waals surface area contributed by atoms with E-state index in [1.807, 2.05) is 7.05 Å². The molecule has 3 unspecified atom stereocenters. The first kappa shape index (κ1) is 12.6. The maximum Gasteiger partial charge on any atom is 0.112 e. The molecule has 1 spiro atoms. The maximum absolute atomic E-state index is 6.28. The van der Waals surface area contributed by atoms with Crippen LogP contribution in [0, 0.1) is 11.8 Å². The fraction of sp³-hybridized carbons (Fsp3) is 0.647. The van der Waals surface area contributed by atoms with Gasteiger partial charge in [0.15, 0.2) is 0 Å². The Balaban J connectivity index is 1.73. The smallest absolute Gasteiger partial charge is 0.112 e. The molecule has 0 saturated carbocycles. The second kappa shape index (κ2) is 4.73. The molecule has 0 radical (unpaired) electrons. The molecule has 4 rings (SSSR count). The van der Waals surface area contributed by atoms with E-state index < -0.39 is 0 Å². The van der Waals surface area contributed by atoms with Gasteiger partial charge in [-0.15, -0.1) is 0 Å². The van der Waals surface area contributed by atoms with E-state index in [4.69, 9.17) is 4.74 Å². The minimum atomic E-state index is -0.0382. The third-order valence-corrected chi connectivity index (χ3v) is 5.24. The molecule has 3 nitrogen and oxygen atoms in total. The molecule has 106 valence electrons. The van der Waals surface area contributed by atoms with Crippen molar-refractivity contribution in [1.29, 1.82) is 0 Å². The van der Waals surface area contributed by atoms with Gasteiger partial charge in [-0.05, 0) is 32.0 Å². The summed E-state index contributed by atoms with van der Waals surface area (Å²) in [6.07, 6.45) is 9.75. The van der Waals surface area contributed by atoms with Crippen LogP contribution in [0.15, 0.2) is 23.3 Å². The van der Waals surface area contributed by atoms with Gasteiger partial charge in [-0.3, -0.25) is 4.90 Å². The standard InChI is InChI=1S/C17H22N2O/c1-18-8-4-5-13-11-14-12-17(15(13)7-10-20-17)16-6-2-3-9-19(14)16/h7,11,14,16,18H,2-3,6,8-10,12H2,1H3. The largest absolute Gasteiger partial charge is 0.364 e. The average Bonchev–Trinajstić information content (AvgIpc) is 3.02. The third kappa shape index (κ3) is 1.65. The molecule has 2 saturated heterocycles. The number of nitrogens with one attached hydrogen (secondary N) is 1. The Morgan fingerprint density at radius 3 is 3.35 bits per heavy atom. The number of ether oxygens (including phenoxy) is 1. The molecule has 2 bridgehead atoms. The molecule has 3 atom stereocenters. The number of hydrogen-bond donors (Lipinski definition) is 1. The van der Waals surface area contributed by atoms with Crippen LogP contribution in [0.1, 0.15) is 25.7 Å². The van der Waals surface area contributed by atoms with E-state index in [1.165, 1.54) is 37.0 Å². The van der Waals surface area contributed by atoms with E-state index in [1.54, 1.807) is 0 Å². The van der Waals surface area contributed by atoms with Gasteiger partial charge in [-0.1, -0.05) is 30.4 Å². The van der Waals surface area contributed by atoms with Crippen molar-refractivity contribution in [3.05, 3.63) is 23.3 Å². The summed E-state index contributed by atoms with van der Waals surface area (Å²) in [6.45, 7) is 2.73. The average molecular weight is 270 g/mol. The van der Waals surface area contributed by atoms with Gasteiger partial charge in [0.1, 0.15) is 5.60 Å². The number of nitrogens with zero attached hydrogens (tertiary/aromatic N) is 1. The van der Waals surface area contributed by atoms with Crippen molar-refractivity contribution >= 4 is 0 Å². The predicted molar refractivity (Wildman–Crippen MR) is 79.3 cm³/mol. The first-order chi connectivity index (χ1) is 9.85. The summed E-state index contributed by atoms with van der Waals surface area (Å²) in [7, 11) is 1.94. The van der Waals surface area contributed by atoms with Crippen molar-refractivity contribution in [2.45, 2.75) is 43.4 Å². The molecule has 2 fully saturated rings. The highest BCUT2D eigenvalue weighted by Gasteiger charge is 2.59. The second-order valence-corrected chi connectivity index (χ2v) is 6.25. The monoisotopic (exact) mass is 270 g/mol. The first-order valence-corrected chi connectivity index (χ1v) is 7.81. The third-order valence-electron chi connectivity index (χ3n) is 5.24. The predicted octanol–water partition coefficient (Wildman–Crippen LogP) is 1.47. The zero-order chi connectivity index (χ0) is 13.6. The van der Waals surface area contributed by atoms with Crippen molar-refractivity contribution in [3.8, 4) is 11.8 Å². The lowest BCUT2D eigenvalue weighted by atomic mass is 9.77. The fourth-order valence-corrected chi connectivity index (χ4v) is 4.50. The number of piperidine rings is 1. The lowest BCUT2D eigenvalue weighted by Gasteiger charge is -2.38. The Kier molecular flexibility index (Phi) is 2.99. The van der Waals surface area contributed by atoms with Crippen molar-refractivity contribution in [1.82, 2.24) is 10.2 Å². The zero-order valence-corrected chi connectivity index (χ0v) is 12.1. The molecular weight excluding hydrogens is 248 g/mol. The lowest BCUT2D eigenvalue weighted by Crippen LogP contribution is -2.48. The van der Waals surface area contributed by atoms with Crippen LogP contribution in [0.2, 0.25) is 0 Å². The van der Waals surface area contributed by atoms with E-state index in [2.05, 4.69) is 34.2 Å². The molecule has 0 aromatic carbocycles. The molecule has 4 aliphatic rings. The normalized spacial score (nSPS) is 38.5. The van der Waals surface area contributed by atoms with Gasteiger partial charge in [0.05, 0.1) is 13.2 Å². The SMILES string of the molecule is CNCC#CC1=CC2CC3(OCC=C13)C1CCCCN21. The summed E-state index contributed by atoms with van der Waals surface area (Å²) in [5.41, 5.74) is 2.57. The van der Waals surface area contributed by atoms with Crippen LogP contribution in [-0.4, -0.2) is 49.3 Å². The quantitative estimate of drug-likeness (QED) is 0.730. The first-order valence-electron chi connectivity index (χ1n) is 7.81. The van der Waals surface area contributed by atoms with Crippen molar-refractivity contribution in [3.63, 3.8) is 0 Å². The summed E-state index contributed by atoms with van der Waals surface area (Å²) in [4.78, 5) is 2.68. The van der Waals surface area contributed by atoms with Crippen molar-refractivity contribution in [2.24, 2.45) is 0 Å². The van der Waals surface area contributed by atoms with E-state index in [0.717, 1.165) is 19.6 Å². The highest BCUT2D eigenvalue weighted by Crippen LogP contribution is 2.53. The Bertz CT molecular complexity index is 539. The lowest BCUT2D eigenvalue weighted by molar-refractivity contribution is -0.0182. The molecule has 0 aromatic heterocycles. The summed E-state index contributed by atoms with van der Waals surface area (Å²) in [5, 5.41) is 3.09. The topological polar surface area (TPSA) is 24.5 Å². The molecule has 3 heterocycles. The van der Waals surface area contributed by atoms with Gasteiger partial charge in [-0.25, -0.2) is 0 Å². The fourth-order valence-electron chi connectivity index (χ4n) is 4.50. The second-order valence-electron chi connectivity index (χ2n) is 6.25. The Hall–Kier alpha value is -1.08. The Labute approximate surface area is 121 Å². The minimum Gasteiger partial charge on any atom is -0.364 e. The number of fused-ring (bicyclic) bond motifs is 3. The van der Waals surface area contributed by atoms with Crippen LogP contribution < -0.4 is 5.32 Å². The van der Waals surface area contributed by atoms with Gasteiger partial charge < -0.3 is 10.1 Å². The van der Waals surface area contributed by atoms with Crippen LogP contribution in [-0.2, 0) is 4.74 Å². The van der Waals surface area contributed by atoms with Gasteiger partial charge in [0.25, 0.3) is 0 Å². The molecule has 3 heteroatoms. The maximum atomic E-state index is 6.28. The van der Waals surface area contributed by atoms with E-state index in [0.29, 0.717) is 12.1 Å². The van der Waals surface area contributed by atoms with Gasteiger partial charge in [0, 0.05) is 24.1 Å². The summed E-state index contributed by atoms with van der Waals surface area (Å²) in [5.74, 6) is 6.59. The van der Waals surface area contributed by atoms with Crippen LogP contribution in [0.25, 0.3) is 0 Å². The molecular formula is C17H22N2O. The van der Waals surface area contributed by atoms with Crippen LogP contribution >= 0.6 is 0 Å². The number of hydrogen-bond acceptors (Lipinski definition) is 3. The minimum absolute atomic E-state index is 0.0382. The zero-order valence-electron chi connectivity index (χ0n) is 12.1. The summed E-state index contributed by atoms with van der Waals surface area (Å²) >= 11 is 0. The van der Waals surface area contributed by atoms with Gasteiger partial charge in [-0.2, -0.15) is 0 Å². The molecule has 20 heavy (non-hydrogen) atoms. The van der Waals surface area contributed by atoms with Crippen LogP contribution in [0.4, 0.5) is 0 Å². The highest BCUT2D eigenvalue weighted by molar-refractivity contribution is 5.57. The van der Waals surface area contributed by atoms with Gasteiger partial charge >= 0.3 is 0 Å². The molecule has 1 N–H and O–H groups in total. The Morgan fingerprint density at radius 1 is 1.50 bits per heavy atom. The van der Waals surface area contributed by atoms with E-state index in [-0.39, 0.29) is 5.60 Å². The molecule has 1 aliphatic carbocycles. The molecule has 0 aromatic rings. The van der Waals surface area contributed by atoms with Crippen LogP contribution in [0.3, 0.4) is 0 Å².